The monoisotopic (exact) mass is 288 g/mol. The number of rotatable bonds is 5. The Kier molecular flexibility index (Phi) is 4.79. The summed E-state index contributed by atoms with van der Waals surface area (Å²) in [6.07, 6.45) is 0. The molecule has 0 spiro atoms. The Balaban J connectivity index is 2.04. The van der Waals surface area contributed by atoms with Gasteiger partial charge in [0, 0.05) is 22.2 Å². The summed E-state index contributed by atoms with van der Waals surface area (Å²) >= 11 is 1.74. The molecule has 2 aromatic rings. The summed E-state index contributed by atoms with van der Waals surface area (Å²) in [6, 6.07) is 12.2. The number of hydrogen-bond donors (Lipinski definition) is 2. The minimum atomic E-state index is -0.0170. The van der Waals surface area contributed by atoms with Gasteiger partial charge in [0.2, 0.25) is 5.91 Å². The Bertz CT molecular complexity index is 564. The van der Waals surface area contributed by atoms with Crippen LogP contribution in [0.5, 0.6) is 0 Å². The lowest BCUT2D eigenvalue weighted by atomic mass is 10.2. The number of hydrogen-bond acceptors (Lipinski definition) is 3. The van der Waals surface area contributed by atoms with Gasteiger partial charge in [-0.05, 0) is 36.6 Å². The Morgan fingerprint density at radius 1 is 1.10 bits per heavy atom. The van der Waals surface area contributed by atoms with Crippen LogP contribution in [0.2, 0.25) is 0 Å². The van der Waals surface area contributed by atoms with E-state index in [2.05, 4.69) is 35.1 Å². The predicted octanol–water partition coefficient (Wildman–Crippen LogP) is 4.52. The van der Waals surface area contributed by atoms with E-state index in [0.717, 1.165) is 11.4 Å². The normalized spacial score (nSPS) is 12.2. The Morgan fingerprint density at radius 2 is 1.85 bits per heavy atom. The number of thiophene rings is 1. The first-order chi connectivity index (χ1) is 9.56. The molecule has 1 aromatic heterocycles. The number of carbonyl (C=O) groups is 1. The van der Waals surface area contributed by atoms with E-state index in [1.807, 2.05) is 38.1 Å². The van der Waals surface area contributed by atoms with Gasteiger partial charge in [-0.15, -0.1) is 11.3 Å². The van der Waals surface area contributed by atoms with Gasteiger partial charge in [0.15, 0.2) is 0 Å². The van der Waals surface area contributed by atoms with Crippen molar-refractivity contribution in [3.63, 3.8) is 0 Å². The van der Waals surface area contributed by atoms with E-state index in [1.165, 1.54) is 4.88 Å². The second-order valence-corrected chi connectivity index (χ2v) is 6.09. The molecule has 0 saturated carbocycles. The first-order valence-corrected chi connectivity index (χ1v) is 7.65. The van der Waals surface area contributed by atoms with Crippen LogP contribution >= 0.6 is 11.3 Å². The highest BCUT2D eigenvalue weighted by Crippen LogP contribution is 2.24. The first-order valence-electron chi connectivity index (χ1n) is 6.77. The third kappa shape index (κ3) is 3.84. The lowest BCUT2D eigenvalue weighted by molar-refractivity contribution is -0.118. The van der Waals surface area contributed by atoms with Crippen molar-refractivity contribution in [2.24, 2.45) is 5.92 Å². The summed E-state index contributed by atoms with van der Waals surface area (Å²) in [5.74, 6) is 0.0186. The highest BCUT2D eigenvalue weighted by atomic mass is 32.1. The lowest BCUT2D eigenvalue weighted by Gasteiger charge is -2.15. The summed E-state index contributed by atoms with van der Waals surface area (Å²) in [5, 5.41) is 8.44. The van der Waals surface area contributed by atoms with Gasteiger partial charge in [-0.25, -0.2) is 0 Å². The van der Waals surface area contributed by atoms with Crippen LogP contribution in [0.3, 0.4) is 0 Å². The zero-order valence-electron chi connectivity index (χ0n) is 12.0. The molecule has 2 N–H and O–H groups in total. The molecular weight excluding hydrogens is 268 g/mol. The summed E-state index contributed by atoms with van der Waals surface area (Å²) in [4.78, 5) is 13.0. The molecule has 20 heavy (non-hydrogen) atoms. The maximum Gasteiger partial charge on any atom is 0.226 e. The molecule has 0 fully saturated rings. The van der Waals surface area contributed by atoms with Crippen LogP contribution in [-0.4, -0.2) is 5.91 Å². The summed E-state index contributed by atoms with van der Waals surface area (Å²) < 4.78 is 0. The van der Waals surface area contributed by atoms with Crippen molar-refractivity contribution in [3.8, 4) is 0 Å². The van der Waals surface area contributed by atoms with E-state index in [0.29, 0.717) is 0 Å². The SMILES string of the molecule is CC(C)C(=O)Nc1cccc(NC(C)c2cccs2)c1. The molecule has 1 aromatic carbocycles. The Labute approximate surface area is 124 Å². The van der Waals surface area contributed by atoms with Crippen LogP contribution in [0.1, 0.15) is 31.7 Å². The van der Waals surface area contributed by atoms with E-state index < -0.39 is 0 Å². The minimum Gasteiger partial charge on any atom is -0.378 e. The average molecular weight is 288 g/mol. The Morgan fingerprint density at radius 3 is 2.50 bits per heavy atom. The smallest absolute Gasteiger partial charge is 0.226 e. The first kappa shape index (κ1) is 14.6. The minimum absolute atomic E-state index is 0.0170. The fourth-order valence-corrected chi connectivity index (χ4v) is 2.57. The lowest BCUT2D eigenvalue weighted by Crippen LogP contribution is -2.17. The molecule has 2 rings (SSSR count). The van der Waals surface area contributed by atoms with Crippen molar-refractivity contribution in [2.45, 2.75) is 26.8 Å². The maximum atomic E-state index is 11.7. The number of nitrogens with one attached hydrogen (secondary N) is 2. The second kappa shape index (κ2) is 6.57. The molecular formula is C16H20N2OS. The summed E-state index contributed by atoms with van der Waals surface area (Å²) in [6.45, 7) is 5.90. The third-order valence-electron chi connectivity index (χ3n) is 3.01. The standard InChI is InChI=1S/C16H20N2OS/c1-11(2)16(19)18-14-7-4-6-13(10-14)17-12(3)15-8-5-9-20-15/h4-12,17H,1-3H3,(H,18,19). The van der Waals surface area contributed by atoms with Gasteiger partial charge in [0.25, 0.3) is 0 Å². The van der Waals surface area contributed by atoms with E-state index in [1.54, 1.807) is 11.3 Å². The van der Waals surface area contributed by atoms with Crippen molar-refractivity contribution in [1.82, 2.24) is 0 Å². The largest absolute Gasteiger partial charge is 0.378 e. The van der Waals surface area contributed by atoms with Crippen molar-refractivity contribution >= 4 is 28.6 Å². The van der Waals surface area contributed by atoms with Crippen LogP contribution < -0.4 is 10.6 Å². The molecule has 0 bridgehead atoms. The van der Waals surface area contributed by atoms with Crippen LogP contribution in [0.15, 0.2) is 41.8 Å². The molecule has 1 unspecified atom stereocenters. The highest BCUT2D eigenvalue weighted by Gasteiger charge is 2.09. The molecule has 0 radical (unpaired) electrons. The quantitative estimate of drug-likeness (QED) is 0.849. The van der Waals surface area contributed by atoms with E-state index in [9.17, 15) is 4.79 Å². The highest BCUT2D eigenvalue weighted by molar-refractivity contribution is 7.10. The Hall–Kier alpha value is -1.81. The number of anilines is 2. The van der Waals surface area contributed by atoms with Gasteiger partial charge in [0.05, 0.1) is 6.04 Å². The van der Waals surface area contributed by atoms with E-state index in [4.69, 9.17) is 0 Å². The topological polar surface area (TPSA) is 41.1 Å². The summed E-state index contributed by atoms with van der Waals surface area (Å²) in [7, 11) is 0. The predicted molar refractivity (Wildman–Crippen MR) is 86.3 cm³/mol. The number of benzene rings is 1. The molecule has 0 aliphatic carbocycles. The van der Waals surface area contributed by atoms with Crippen LogP contribution in [-0.2, 0) is 4.79 Å². The molecule has 0 aliphatic rings. The molecule has 1 heterocycles. The fraction of sp³-hybridized carbons (Fsp3) is 0.312. The fourth-order valence-electron chi connectivity index (χ4n) is 1.83. The number of carbonyl (C=O) groups excluding carboxylic acids is 1. The van der Waals surface area contributed by atoms with Crippen molar-refractivity contribution in [1.29, 1.82) is 0 Å². The van der Waals surface area contributed by atoms with Crippen LogP contribution in [0, 0.1) is 5.92 Å². The van der Waals surface area contributed by atoms with Crippen LogP contribution in [0.25, 0.3) is 0 Å². The van der Waals surface area contributed by atoms with Gasteiger partial charge in [-0.2, -0.15) is 0 Å². The van der Waals surface area contributed by atoms with Gasteiger partial charge >= 0.3 is 0 Å². The van der Waals surface area contributed by atoms with Gasteiger partial charge < -0.3 is 10.6 Å². The van der Waals surface area contributed by atoms with Crippen LogP contribution in [0.4, 0.5) is 11.4 Å². The zero-order valence-corrected chi connectivity index (χ0v) is 12.8. The molecule has 106 valence electrons. The van der Waals surface area contributed by atoms with Crippen molar-refractivity contribution in [2.75, 3.05) is 10.6 Å². The molecule has 3 nitrogen and oxygen atoms in total. The summed E-state index contributed by atoms with van der Waals surface area (Å²) in [5.41, 5.74) is 1.83. The molecule has 1 amide bonds. The molecule has 1 atom stereocenters. The van der Waals surface area contributed by atoms with Gasteiger partial charge in [-0.1, -0.05) is 26.0 Å². The second-order valence-electron chi connectivity index (χ2n) is 5.11. The van der Waals surface area contributed by atoms with Crippen molar-refractivity contribution < 1.29 is 4.79 Å². The van der Waals surface area contributed by atoms with Crippen molar-refractivity contribution in [3.05, 3.63) is 46.7 Å². The van der Waals surface area contributed by atoms with E-state index in [-0.39, 0.29) is 17.9 Å². The number of amides is 1. The molecule has 4 heteroatoms. The average Bonchev–Trinajstić information content (AvgIpc) is 2.92. The van der Waals surface area contributed by atoms with Gasteiger partial charge in [-0.3, -0.25) is 4.79 Å². The van der Waals surface area contributed by atoms with Gasteiger partial charge in [0.1, 0.15) is 0 Å². The maximum absolute atomic E-state index is 11.7. The molecule has 0 saturated heterocycles. The third-order valence-corrected chi connectivity index (χ3v) is 4.06. The molecule has 0 aliphatic heterocycles. The van der Waals surface area contributed by atoms with E-state index >= 15 is 0 Å². The zero-order chi connectivity index (χ0) is 14.5.